The van der Waals surface area contributed by atoms with E-state index in [0.717, 1.165) is 5.56 Å². The highest BCUT2D eigenvalue weighted by Crippen LogP contribution is 2.19. The molecule has 0 spiro atoms. The number of carbonyl (C=O) groups is 1. The number of nitrogens with zero attached hydrogens (tertiary/aromatic N) is 1. The Hall–Kier alpha value is -2.34. The molecule has 1 atom stereocenters. The Kier molecular flexibility index (Phi) is 6.08. The summed E-state index contributed by atoms with van der Waals surface area (Å²) in [6.07, 6.45) is 0. The molecule has 6 heteroatoms. The molecular formula is C20H26N2O3S. The van der Waals surface area contributed by atoms with Gasteiger partial charge in [-0.1, -0.05) is 18.2 Å². The Morgan fingerprint density at radius 1 is 1.08 bits per heavy atom. The van der Waals surface area contributed by atoms with Gasteiger partial charge in [0, 0.05) is 12.6 Å². The molecule has 0 bridgehead atoms. The van der Waals surface area contributed by atoms with Gasteiger partial charge in [0.25, 0.3) is 5.91 Å². The van der Waals surface area contributed by atoms with Gasteiger partial charge < -0.3 is 5.32 Å². The molecule has 0 aromatic heterocycles. The lowest BCUT2D eigenvalue weighted by atomic mass is 10.0. The fourth-order valence-electron chi connectivity index (χ4n) is 2.57. The number of carbonyl (C=O) groups excluding carboxylic acids is 1. The lowest BCUT2D eigenvalue weighted by molar-refractivity contribution is 0.0940. The smallest absolute Gasteiger partial charge is 0.251 e. The van der Waals surface area contributed by atoms with Crippen LogP contribution in [0, 0.1) is 13.8 Å². The van der Waals surface area contributed by atoms with Crippen molar-refractivity contribution in [2.24, 2.45) is 0 Å². The van der Waals surface area contributed by atoms with Crippen molar-refractivity contribution in [2.45, 2.75) is 33.7 Å². The van der Waals surface area contributed by atoms with Crippen molar-refractivity contribution >= 4 is 21.6 Å². The number of aryl methyl sites for hydroxylation is 2. The number of hydrogen-bond acceptors (Lipinski definition) is 3. The second kappa shape index (κ2) is 7.91. The maximum absolute atomic E-state index is 12.5. The maximum Gasteiger partial charge on any atom is 0.251 e. The van der Waals surface area contributed by atoms with Crippen molar-refractivity contribution in [3.05, 3.63) is 64.7 Å². The van der Waals surface area contributed by atoms with Gasteiger partial charge in [0.1, 0.15) is 0 Å². The average molecular weight is 375 g/mol. The van der Waals surface area contributed by atoms with E-state index in [-0.39, 0.29) is 17.7 Å². The van der Waals surface area contributed by atoms with Gasteiger partial charge in [-0.05, 0) is 68.7 Å². The molecular weight excluding hydrogens is 348 g/mol. The van der Waals surface area contributed by atoms with Crippen LogP contribution in [0.25, 0.3) is 0 Å². The van der Waals surface area contributed by atoms with E-state index >= 15 is 0 Å². The average Bonchev–Trinajstić information content (AvgIpc) is 2.63. The lowest BCUT2D eigenvalue weighted by Gasteiger charge is -2.19. The highest BCUT2D eigenvalue weighted by molar-refractivity contribution is 7.92. The van der Waals surface area contributed by atoms with Gasteiger partial charge in [0.15, 0.2) is 0 Å². The summed E-state index contributed by atoms with van der Waals surface area (Å²) < 4.78 is 25.1. The molecule has 26 heavy (non-hydrogen) atoms. The van der Waals surface area contributed by atoms with Crippen LogP contribution in [0.3, 0.4) is 0 Å². The van der Waals surface area contributed by atoms with E-state index in [2.05, 4.69) is 18.3 Å². The standard InChI is InChI=1S/C20H26N2O3S/c1-6-26(24,25)22(5)19-11-9-17(10-12-19)20(23)21-16(4)18-8-7-14(2)15(3)13-18/h7-13,16H,6H2,1-5H3,(H,21,23)/t16-/m1/s1. The van der Waals surface area contributed by atoms with Crippen LogP contribution in [-0.2, 0) is 10.0 Å². The van der Waals surface area contributed by atoms with E-state index in [4.69, 9.17) is 0 Å². The van der Waals surface area contributed by atoms with Gasteiger partial charge in [-0.15, -0.1) is 0 Å². The van der Waals surface area contributed by atoms with Gasteiger partial charge in [-0.3, -0.25) is 9.10 Å². The van der Waals surface area contributed by atoms with E-state index in [1.807, 2.05) is 26.0 Å². The summed E-state index contributed by atoms with van der Waals surface area (Å²) in [6, 6.07) is 12.6. The number of anilines is 1. The summed E-state index contributed by atoms with van der Waals surface area (Å²) in [5, 5.41) is 2.98. The third-order valence-electron chi connectivity index (χ3n) is 4.65. The molecule has 1 N–H and O–H groups in total. The van der Waals surface area contributed by atoms with E-state index in [1.54, 1.807) is 31.2 Å². The number of benzene rings is 2. The number of hydrogen-bond donors (Lipinski definition) is 1. The molecule has 0 radical (unpaired) electrons. The van der Waals surface area contributed by atoms with Crippen molar-refractivity contribution in [1.82, 2.24) is 5.32 Å². The van der Waals surface area contributed by atoms with Gasteiger partial charge in [-0.2, -0.15) is 0 Å². The first-order chi connectivity index (χ1) is 12.2. The molecule has 2 aromatic carbocycles. The topological polar surface area (TPSA) is 66.5 Å². The zero-order valence-corrected chi connectivity index (χ0v) is 16.7. The van der Waals surface area contributed by atoms with Crippen LogP contribution in [0.15, 0.2) is 42.5 Å². The van der Waals surface area contributed by atoms with Crippen molar-refractivity contribution in [1.29, 1.82) is 0 Å². The molecule has 140 valence electrons. The summed E-state index contributed by atoms with van der Waals surface area (Å²) in [6.45, 7) is 7.65. The Balaban J connectivity index is 2.11. The lowest BCUT2D eigenvalue weighted by Crippen LogP contribution is -2.28. The molecule has 0 unspecified atom stereocenters. The maximum atomic E-state index is 12.5. The summed E-state index contributed by atoms with van der Waals surface area (Å²) in [7, 11) is -1.80. The number of amides is 1. The summed E-state index contributed by atoms with van der Waals surface area (Å²) in [4.78, 5) is 12.5. The Bertz CT molecular complexity index is 890. The fraction of sp³-hybridized carbons (Fsp3) is 0.350. The molecule has 1 amide bonds. The van der Waals surface area contributed by atoms with E-state index < -0.39 is 10.0 Å². The van der Waals surface area contributed by atoms with Gasteiger partial charge >= 0.3 is 0 Å². The van der Waals surface area contributed by atoms with Crippen LogP contribution in [0.1, 0.15) is 46.9 Å². The van der Waals surface area contributed by atoms with Crippen LogP contribution in [0.4, 0.5) is 5.69 Å². The van der Waals surface area contributed by atoms with Crippen LogP contribution in [0.5, 0.6) is 0 Å². The van der Waals surface area contributed by atoms with Crippen LogP contribution >= 0.6 is 0 Å². The number of sulfonamides is 1. The number of rotatable bonds is 6. The predicted molar refractivity (Wildman–Crippen MR) is 106 cm³/mol. The second-order valence-electron chi connectivity index (χ2n) is 6.45. The van der Waals surface area contributed by atoms with Crippen molar-refractivity contribution in [3.63, 3.8) is 0 Å². The Labute approximate surface area is 156 Å². The quantitative estimate of drug-likeness (QED) is 0.840. The molecule has 0 saturated heterocycles. The Morgan fingerprint density at radius 2 is 1.69 bits per heavy atom. The highest BCUT2D eigenvalue weighted by atomic mass is 32.2. The highest BCUT2D eigenvalue weighted by Gasteiger charge is 2.17. The van der Waals surface area contributed by atoms with E-state index in [0.29, 0.717) is 11.3 Å². The molecule has 5 nitrogen and oxygen atoms in total. The molecule has 2 rings (SSSR count). The largest absolute Gasteiger partial charge is 0.346 e. The second-order valence-corrected chi connectivity index (χ2v) is 8.74. The molecule has 0 saturated carbocycles. The van der Waals surface area contributed by atoms with Gasteiger partial charge in [0.05, 0.1) is 17.5 Å². The van der Waals surface area contributed by atoms with E-state index in [1.165, 1.54) is 22.5 Å². The Morgan fingerprint density at radius 3 is 2.23 bits per heavy atom. The molecule has 2 aromatic rings. The van der Waals surface area contributed by atoms with Crippen molar-refractivity contribution < 1.29 is 13.2 Å². The zero-order valence-electron chi connectivity index (χ0n) is 15.9. The molecule has 0 aliphatic heterocycles. The summed E-state index contributed by atoms with van der Waals surface area (Å²) in [5.74, 6) is -0.164. The normalized spacial score (nSPS) is 12.5. The third kappa shape index (κ3) is 4.43. The van der Waals surface area contributed by atoms with Crippen LogP contribution in [-0.4, -0.2) is 27.1 Å². The molecule has 0 aliphatic rings. The number of nitrogens with one attached hydrogen (secondary N) is 1. The van der Waals surface area contributed by atoms with Crippen LogP contribution < -0.4 is 9.62 Å². The van der Waals surface area contributed by atoms with Gasteiger partial charge in [0.2, 0.25) is 10.0 Å². The molecule has 0 fully saturated rings. The van der Waals surface area contributed by atoms with Gasteiger partial charge in [-0.25, -0.2) is 8.42 Å². The monoisotopic (exact) mass is 374 g/mol. The minimum absolute atomic E-state index is 0.0270. The minimum atomic E-state index is -3.31. The zero-order chi connectivity index (χ0) is 19.5. The first-order valence-electron chi connectivity index (χ1n) is 8.60. The first kappa shape index (κ1) is 20.0. The first-order valence-corrected chi connectivity index (χ1v) is 10.2. The molecule has 0 aliphatic carbocycles. The SMILES string of the molecule is CCS(=O)(=O)N(C)c1ccc(C(=O)N[C@H](C)c2ccc(C)c(C)c2)cc1. The molecule has 0 heterocycles. The predicted octanol–water partition coefficient (Wildman–Crippen LogP) is 3.58. The van der Waals surface area contributed by atoms with Crippen LogP contribution in [0.2, 0.25) is 0 Å². The van der Waals surface area contributed by atoms with Crippen molar-refractivity contribution in [2.75, 3.05) is 17.1 Å². The van der Waals surface area contributed by atoms with Crippen molar-refractivity contribution in [3.8, 4) is 0 Å². The minimum Gasteiger partial charge on any atom is -0.346 e. The fourth-order valence-corrected chi connectivity index (χ4v) is 3.40. The summed E-state index contributed by atoms with van der Waals surface area (Å²) in [5.41, 5.74) is 4.48. The third-order valence-corrected chi connectivity index (χ3v) is 6.43. The van der Waals surface area contributed by atoms with E-state index in [9.17, 15) is 13.2 Å². The summed E-state index contributed by atoms with van der Waals surface area (Å²) >= 11 is 0.